The standard InChI is InChI=1S/C15H20ClNO4/c1-9-8-10(16)6-7-11(9)12(13(18)19)17(5)14(20)21-15(2,3)4/h6-8,12H,1-5H3,(H,18,19). The summed E-state index contributed by atoms with van der Waals surface area (Å²) >= 11 is 5.88. The van der Waals surface area contributed by atoms with Gasteiger partial charge < -0.3 is 9.84 Å². The van der Waals surface area contributed by atoms with E-state index in [1.54, 1.807) is 45.9 Å². The Kier molecular flexibility index (Phi) is 5.23. The lowest BCUT2D eigenvalue weighted by molar-refractivity contribution is -0.143. The number of carbonyl (C=O) groups excluding carboxylic acids is 1. The van der Waals surface area contributed by atoms with Gasteiger partial charge in [0.1, 0.15) is 5.60 Å². The third-order valence-corrected chi connectivity index (χ3v) is 3.06. The zero-order chi connectivity index (χ0) is 16.4. The van der Waals surface area contributed by atoms with Gasteiger partial charge in [0, 0.05) is 12.1 Å². The zero-order valence-corrected chi connectivity index (χ0v) is 13.6. The van der Waals surface area contributed by atoms with Crippen LogP contribution in [0.5, 0.6) is 0 Å². The number of aryl methyl sites for hydroxylation is 1. The number of hydrogen-bond donors (Lipinski definition) is 1. The van der Waals surface area contributed by atoms with Gasteiger partial charge in [-0.2, -0.15) is 0 Å². The van der Waals surface area contributed by atoms with E-state index in [1.165, 1.54) is 7.05 Å². The molecule has 1 atom stereocenters. The maximum atomic E-state index is 12.1. The lowest BCUT2D eigenvalue weighted by Gasteiger charge is -2.29. The molecule has 1 aromatic rings. The highest BCUT2D eigenvalue weighted by atomic mass is 35.5. The van der Waals surface area contributed by atoms with Crippen LogP contribution in [0.2, 0.25) is 5.02 Å². The Hall–Kier alpha value is -1.75. The van der Waals surface area contributed by atoms with Crippen molar-refractivity contribution in [2.75, 3.05) is 7.05 Å². The van der Waals surface area contributed by atoms with E-state index in [1.807, 2.05) is 0 Å². The lowest BCUT2D eigenvalue weighted by atomic mass is 10.0. The Morgan fingerprint density at radius 2 is 1.90 bits per heavy atom. The fourth-order valence-corrected chi connectivity index (χ4v) is 2.12. The molecule has 0 fully saturated rings. The van der Waals surface area contributed by atoms with Crippen molar-refractivity contribution in [2.45, 2.75) is 39.3 Å². The first kappa shape index (κ1) is 17.3. The van der Waals surface area contributed by atoms with E-state index >= 15 is 0 Å². The van der Waals surface area contributed by atoms with Gasteiger partial charge in [0.15, 0.2) is 6.04 Å². The molecule has 5 nitrogen and oxygen atoms in total. The van der Waals surface area contributed by atoms with E-state index in [9.17, 15) is 14.7 Å². The molecule has 1 aromatic carbocycles. The third-order valence-electron chi connectivity index (χ3n) is 2.83. The second kappa shape index (κ2) is 6.35. The topological polar surface area (TPSA) is 66.8 Å². The molecule has 6 heteroatoms. The van der Waals surface area contributed by atoms with Gasteiger partial charge in [-0.05, 0) is 51.0 Å². The molecule has 116 valence electrons. The summed E-state index contributed by atoms with van der Waals surface area (Å²) in [4.78, 5) is 24.7. The van der Waals surface area contributed by atoms with Gasteiger partial charge in [-0.15, -0.1) is 0 Å². The van der Waals surface area contributed by atoms with Crippen molar-refractivity contribution in [3.05, 3.63) is 34.3 Å². The molecule has 1 amide bonds. The Labute approximate surface area is 129 Å². The highest BCUT2D eigenvalue weighted by Crippen LogP contribution is 2.27. The Bertz CT molecular complexity index is 551. The minimum atomic E-state index is -1.13. The molecule has 21 heavy (non-hydrogen) atoms. The third kappa shape index (κ3) is 4.63. The van der Waals surface area contributed by atoms with Gasteiger partial charge in [0.2, 0.25) is 0 Å². The summed E-state index contributed by atoms with van der Waals surface area (Å²) in [6.45, 7) is 6.92. The first-order chi connectivity index (χ1) is 9.53. The van der Waals surface area contributed by atoms with E-state index < -0.39 is 23.7 Å². The molecule has 0 bridgehead atoms. The fourth-order valence-electron chi connectivity index (χ4n) is 1.89. The van der Waals surface area contributed by atoms with Crippen molar-refractivity contribution in [3.63, 3.8) is 0 Å². The van der Waals surface area contributed by atoms with Gasteiger partial charge in [-0.3, -0.25) is 4.90 Å². The van der Waals surface area contributed by atoms with Crippen molar-refractivity contribution in [1.29, 1.82) is 0 Å². The average molecular weight is 314 g/mol. The number of carboxylic acids is 1. The van der Waals surface area contributed by atoms with E-state index in [0.29, 0.717) is 16.1 Å². The van der Waals surface area contributed by atoms with Crippen LogP contribution in [0.1, 0.15) is 37.9 Å². The van der Waals surface area contributed by atoms with Crippen molar-refractivity contribution in [3.8, 4) is 0 Å². The van der Waals surface area contributed by atoms with Crippen LogP contribution in [-0.4, -0.2) is 34.7 Å². The molecule has 0 heterocycles. The fraction of sp³-hybridized carbons (Fsp3) is 0.467. The predicted molar refractivity (Wildman–Crippen MR) is 80.6 cm³/mol. The van der Waals surface area contributed by atoms with Crippen molar-refractivity contribution >= 4 is 23.7 Å². The molecule has 0 saturated carbocycles. The summed E-state index contributed by atoms with van der Waals surface area (Å²) in [7, 11) is 1.40. The highest BCUT2D eigenvalue weighted by Gasteiger charge is 2.32. The molecule has 1 rings (SSSR count). The first-order valence-corrected chi connectivity index (χ1v) is 6.85. The minimum Gasteiger partial charge on any atom is -0.479 e. The van der Waals surface area contributed by atoms with Gasteiger partial charge >= 0.3 is 12.1 Å². The minimum absolute atomic E-state index is 0.500. The van der Waals surface area contributed by atoms with Crippen LogP contribution in [0, 0.1) is 6.92 Å². The van der Waals surface area contributed by atoms with Crippen LogP contribution in [0.25, 0.3) is 0 Å². The van der Waals surface area contributed by atoms with E-state index in [4.69, 9.17) is 16.3 Å². The zero-order valence-electron chi connectivity index (χ0n) is 12.8. The Morgan fingerprint density at radius 3 is 2.33 bits per heavy atom. The SMILES string of the molecule is Cc1cc(Cl)ccc1C(C(=O)O)N(C)C(=O)OC(C)(C)C. The summed E-state index contributed by atoms with van der Waals surface area (Å²) in [5.74, 6) is -1.13. The molecule has 0 aliphatic carbocycles. The largest absolute Gasteiger partial charge is 0.479 e. The average Bonchev–Trinajstić information content (AvgIpc) is 2.29. The molecule has 0 spiro atoms. The van der Waals surface area contributed by atoms with Crippen LogP contribution in [0.4, 0.5) is 4.79 Å². The number of rotatable bonds is 3. The normalized spacial score (nSPS) is 12.7. The van der Waals surface area contributed by atoms with Gasteiger partial charge in [0.25, 0.3) is 0 Å². The summed E-state index contributed by atoms with van der Waals surface area (Å²) in [5, 5.41) is 9.97. The quantitative estimate of drug-likeness (QED) is 0.925. The summed E-state index contributed by atoms with van der Waals surface area (Å²) < 4.78 is 5.21. The number of carbonyl (C=O) groups is 2. The lowest BCUT2D eigenvalue weighted by Crippen LogP contribution is -2.39. The molecule has 0 aliphatic heterocycles. The second-order valence-corrected chi connectivity index (χ2v) is 6.27. The number of nitrogens with zero attached hydrogens (tertiary/aromatic N) is 1. The van der Waals surface area contributed by atoms with Crippen LogP contribution in [0.15, 0.2) is 18.2 Å². The molecule has 0 aliphatic rings. The number of likely N-dealkylation sites (N-methyl/N-ethyl adjacent to an activating group) is 1. The van der Waals surface area contributed by atoms with Crippen LogP contribution in [-0.2, 0) is 9.53 Å². The molecule has 0 radical (unpaired) electrons. The monoisotopic (exact) mass is 313 g/mol. The van der Waals surface area contributed by atoms with Crippen molar-refractivity contribution < 1.29 is 19.4 Å². The number of hydrogen-bond acceptors (Lipinski definition) is 3. The highest BCUT2D eigenvalue weighted by molar-refractivity contribution is 6.30. The number of benzene rings is 1. The molecule has 0 aromatic heterocycles. The maximum absolute atomic E-state index is 12.1. The van der Waals surface area contributed by atoms with Crippen molar-refractivity contribution in [1.82, 2.24) is 4.90 Å². The first-order valence-electron chi connectivity index (χ1n) is 6.47. The van der Waals surface area contributed by atoms with Crippen LogP contribution >= 0.6 is 11.6 Å². The number of amides is 1. The number of carboxylic acid groups (broad SMARTS) is 1. The summed E-state index contributed by atoms with van der Waals surface area (Å²) in [5.41, 5.74) is 0.509. The van der Waals surface area contributed by atoms with Gasteiger partial charge in [-0.1, -0.05) is 17.7 Å². The van der Waals surface area contributed by atoms with E-state index in [0.717, 1.165) is 4.90 Å². The number of ether oxygens (including phenoxy) is 1. The molecule has 1 unspecified atom stereocenters. The number of halogens is 1. The van der Waals surface area contributed by atoms with Gasteiger partial charge in [-0.25, -0.2) is 9.59 Å². The van der Waals surface area contributed by atoms with E-state index in [2.05, 4.69) is 0 Å². The molecular weight excluding hydrogens is 294 g/mol. The Morgan fingerprint density at radius 1 is 1.33 bits per heavy atom. The van der Waals surface area contributed by atoms with Crippen molar-refractivity contribution in [2.24, 2.45) is 0 Å². The molecule has 0 saturated heterocycles. The van der Waals surface area contributed by atoms with Gasteiger partial charge in [0.05, 0.1) is 0 Å². The maximum Gasteiger partial charge on any atom is 0.411 e. The molecule has 1 N–H and O–H groups in total. The van der Waals surface area contributed by atoms with Crippen LogP contribution in [0.3, 0.4) is 0 Å². The molecular formula is C15H20ClNO4. The number of aliphatic carboxylic acids is 1. The second-order valence-electron chi connectivity index (χ2n) is 5.83. The predicted octanol–water partition coefficient (Wildman–Crippen LogP) is 3.64. The van der Waals surface area contributed by atoms with E-state index in [-0.39, 0.29) is 0 Å². The summed E-state index contributed by atoms with van der Waals surface area (Å²) in [6, 6.07) is 3.74. The summed E-state index contributed by atoms with van der Waals surface area (Å²) in [6.07, 6.45) is -0.691. The smallest absolute Gasteiger partial charge is 0.411 e. The Balaban J connectivity index is 3.12. The van der Waals surface area contributed by atoms with Crippen LogP contribution < -0.4 is 0 Å².